The van der Waals surface area contributed by atoms with Gasteiger partial charge in [-0.05, 0) is 25.0 Å². The van der Waals surface area contributed by atoms with Crippen LogP contribution in [0.2, 0.25) is 0 Å². The van der Waals surface area contributed by atoms with Gasteiger partial charge in [0.1, 0.15) is 4.90 Å². The van der Waals surface area contributed by atoms with Gasteiger partial charge < -0.3 is 5.32 Å². The number of fused-ring (bicyclic) bond motifs is 1. The smallest absolute Gasteiger partial charge is 0.269 e. The largest absolute Gasteiger partial charge is 0.353 e. The third kappa shape index (κ3) is 3.31. The van der Waals surface area contributed by atoms with E-state index in [1.165, 1.54) is 25.0 Å². The van der Waals surface area contributed by atoms with Crippen LogP contribution < -0.4 is 5.32 Å². The van der Waals surface area contributed by atoms with E-state index in [0.29, 0.717) is 0 Å². The van der Waals surface area contributed by atoms with Crippen LogP contribution in [0, 0.1) is 0 Å². The first-order chi connectivity index (χ1) is 11.5. The third-order valence-corrected chi connectivity index (χ3v) is 6.51. The maximum Gasteiger partial charge on any atom is 0.269 e. The van der Waals surface area contributed by atoms with E-state index >= 15 is 0 Å². The average molecular weight is 350 g/mol. The van der Waals surface area contributed by atoms with Crippen molar-refractivity contribution in [2.45, 2.75) is 55.9 Å². The van der Waals surface area contributed by atoms with Gasteiger partial charge in [0.2, 0.25) is 5.91 Å². The molecule has 0 radical (unpaired) electrons. The Morgan fingerprint density at radius 1 is 1.12 bits per heavy atom. The second-order valence-corrected chi connectivity index (χ2v) is 8.22. The molecule has 1 aromatic carbocycles. The predicted molar refractivity (Wildman–Crippen MR) is 88.9 cm³/mol. The van der Waals surface area contributed by atoms with Gasteiger partial charge in [0.05, 0.1) is 5.56 Å². The van der Waals surface area contributed by atoms with Crippen molar-refractivity contribution in [3.8, 4) is 0 Å². The number of nitrogens with zero attached hydrogens (tertiary/aromatic N) is 1. The molecule has 1 aliphatic heterocycles. The molecule has 1 N–H and O–H groups in total. The molecule has 1 aliphatic carbocycles. The van der Waals surface area contributed by atoms with E-state index in [-0.39, 0.29) is 35.4 Å². The first kappa shape index (κ1) is 17.0. The van der Waals surface area contributed by atoms with Gasteiger partial charge in [0.15, 0.2) is 0 Å². The summed E-state index contributed by atoms with van der Waals surface area (Å²) in [5.74, 6) is -0.742. The fourth-order valence-corrected chi connectivity index (χ4v) is 4.95. The minimum absolute atomic E-state index is 0.00451. The van der Waals surface area contributed by atoms with E-state index in [4.69, 9.17) is 0 Å². The molecule has 0 unspecified atom stereocenters. The Hall–Kier alpha value is -1.89. The van der Waals surface area contributed by atoms with Crippen LogP contribution >= 0.6 is 0 Å². The Bertz CT molecular complexity index is 737. The van der Waals surface area contributed by atoms with Gasteiger partial charge in [0, 0.05) is 19.0 Å². The Kier molecular flexibility index (Phi) is 4.89. The second-order valence-electron chi connectivity index (χ2n) is 6.38. The highest BCUT2D eigenvalue weighted by Crippen LogP contribution is 2.29. The fraction of sp³-hybridized carbons (Fsp3) is 0.529. The molecule has 6 nitrogen and oxygen atoms in total. The standard InChI is InChI=1S/C17H22N2O4S/c20-16(18-13-7-3-1-2-4-8-13)11-12-19-17(21)14-9-5-6-10-15(14)24(19,22)23/h5-6,9-10,13H,1-4,7-8,11-12H2,(H,18,20). The van der Waals surface area contributed by atoms with E-state index < -0.39 is 15.9 Å². The minimum atomic E-state index is -3.83. The predicted octanol–water partition coefficient (Wildman–Crippen LogP) is 2.06. The first-order valence-electron chi connectivity index (χ1n) is 8.45. The zero-order valence-electron chi connectivity index (χ0n) is 13.5. The van der Waals surface area contributed by atoms with Crippen LogP contribution in [0.15, 0.2) is 29.2 Å². The monoisotopic (exact) mass is 350 g/mol. The van der Waals surface area contributed by atoms with Gasteiger partial charge in [0.25, 0.3) is 15.9 Å². The lowest BCUT2D eigenvalue weighted by Gasteiger charge is -2.18. The third-order valence-electron chi connectivity index (χ3n) is 4.67. The molecule has 24 heavy (non-hydrogen) atoms. The van der Waals surface area contributed by atoms with Crippen molar-refractivity contribution in [2.75, 3.05) is 6.54 Å². The molecular weight excluding hydrogens is 328 g/mol. The summed E-state index contributed by atoms with van der Waals surface area (Å²) in [6.07, 6.45) is 6.56. The second kappa shape index (κ2) is 6.93. The number of hydrogen-bond donors (Lipinski definition) is 1. The van der Waals surface area contributed by atoms with Crippen molar-refractivity contribution < 1.29 is 18.0 Å². The van der Waals surface area contributed by atoms with Gasteiger partial charge in [-0.1, -0.05) is 37.8 Å². The summed E-state index contributed by atoms with van der Waals surface area (Å²) in [6, 6.07) is 6.32. The Labute approximate surface area is 142 Å². The first-order valence-corrected chi connectivity index (χ1v) is 9.89. The van der Waals surface area contributed by atoms with Gasteiger partial charge in [-0.25, -0.2) is 12.7 Å². The van der Waals surface area contributed by atoms with Crippen LogP contribution in [0.1, 0.15) is 55.3 Å². The maximum absolute atomic E-state index is 12.4. The molecular formula is C17H22N2O4S. The molecule has 3 rings (SSSR count). The van der Waals surface area contributed by atoms with E-state index in [2.05, 4.69) is 5.32 Å². The lowest BCUT2D eigenvalue weighted by molar-refractivity contribution is -0.121. The van der Waals surface area contributed by atoms with E-state index in [1.807, 2.05) is 0 Å². The number of amides is 2. The SMILES string of the molecule is O=C(CCN1C(=O)c2ccccc2S1(=O)=O)NC1CCCCCC1. The summed E-state index contributed by atoms with van der Waals surface area (Å²) in [5, 5.41) is 2.97. The molecule has 2 amide bonds. The molecule has 2 aliphatic rings. The number of sulfonamides is 1. The summed E-state index contributed by atoms with van der Waals surface area (Å²) in [7, 11) is -3.83. The van der Waals surface area contributed by atoms with Crippen molar-refractivity contribution in [3.05, 3.63) is 29.8 Å². The number of rotatable bonds is 4. The Balaban J connectivity index is 1.61. The summed E-state index contributed by atoms with van der Waals surface area (Å²) >= 11 is 0. The van der Waals surface area contributed by atoms with Crippen molar-refractivity contribution in [1.29, 1.82) is 0 Å². The lowest BCUT2D eigenvalue weighted by Crippen LogP contribution is -2.38. The van der Waals surface area contributed by atoms with E-state index in [0.717, 1.165) is 30.0 Å². The number of benzene rings is 1. The number of nitrogens with one attached hydrogen (secondary N) is 1. The molecule has 7 heteroatoms. The minimum Gasteiger partial charge on any atom is -0.353 e. The molecule has 0 bridgehead atoms. The molecule has 130 valence electrons. The van der Waals surface area contributed by atoms with Crippen LogP contribution in [-0.4, -0.2) is 37.1 Å². The van der Waals surface area contributed by atoms with Gasteiger partial charge >= 0.3 is 0 Å². The van der Waals surface area contributed by atoms with Crippen molar-refractivity contribution in [1.82, 2.24) is 9.62 Å². The summed E-state index contributed by atoms with van der Waals surface area (Å²) < 4.78 is 25.6. The highest BCUT2D eigenvalue weighted by molar-refractivity contribution is 7.90. The van der Waals surface area contributed by atoms with Crippen LogP contribution in [0.3, 0.4) is 0 Å². The molecule has 0 atom stereocenters. The normalized spacial score (nSPS) is 20.5. The zero-order valence-corrected chi connectivity index (χ0v) is 14.3. The topological polar surface area (TPSA) is 83.6 Å². The molecule has 0 spiro atoms. The van der Waals surface area contributed by atoms with E-state index in [1.54, 1.807) is 12.1 Å². The highest BCUT2D eigenvalue weighted by atomic mass is 32.2. The van der Waals surface area contributed by atoms with Gasteiger partial charge in [-0.15, -0.1) is 0 Å². The average Bonchev–Trinajstić information content (AvgIpc) is 2.74. The van der Waals surface area contributed by atoms with Crippen molar-refractivity contribution in [3.63, 3.8) is 0 Å². The van der Waals surface area contributed by atoms with Crippen LogP contribution in [0.4, 0.5) is 0 Å². The molecule has 0 aromatic heterocycles. The number of carbonyl (C=O) groups excluding carboxylic acids is 2. The molecule has 1 heterocycles. The van der Waals surface area contributed by atoms with Crippen LogP contribution in [0.5, 0.6) is 0 Å². The van der Waals surface area contributed by atoms with Crippen molar-refractivity contribution in [2.24, 2.45) is 0 Å². The number of hydrogen-bond acceptors (Lipinski definition) is 4. The Morgan fingerprint density at radius 3 is 2.46 bits per heavy atom. The van der Waals surface area contributed by atoms with E-state index in [9.17, 15) is 18.0 Å². The fourth-order valence-electron chi connectivity index (χ4n) is 3.38. The molecule has 1 saturated carbocycles. The van der Waals surface area contributed by atoms with Gasteiger partial charge in [-0.3, -0.25) is 9.59 Å². The van der Waals surface area contributed by atoms with Crippen molar-refractivity contribution >= 4 is 21.8 Å². The lowest BCUT2D eigenvalue weighted by atomic mass is 10.1. The van der Waals surface area contributed by atoms with Crippen LogP contribution in [0.25, 0.3) is 0 Å². The van der Waals surface area contributed by atoms with Gasteiger partial charge in [-0.2, -0.15) is 0 Å². The Morgan fingerprint density at radius 2 is 1.79 bits per heavy atom. The molecule has 1 aromatic rings. The number of carbonyl (C=O) groups is 2. The van der Waals surface area contributed by atoms with Crippen LogP contribution in [-0.2, 0) is 14.8 Å². The molecule has 0 saturated heterocycles. The summed E-state index contributed by atoms with van der Waals surface area (Å²) in [4.78, 5) is 24.4. The quantitative estimate of drug-likeness (QED) is 0.843. The maximum atomic E-state index is 12.4. The molecule has 1 fully saturated rings. The zero-order chi connectivity index (χ0) is 17.2. The summed E-state index contributed by atoms with van der Waals surface area (Å²) in [6.45, 7) is -0.117. The summed E-state index contributed by atoms with van der Waals surface area (Å²) in [5.41, 5.74) is 0.182. The highest BCUT2D eigenvalue weighted by Gasteiger charge is 2.40.